The number of aromatic nitrogens is 5. The molecule has 3 aromatic rings. The number of benzene rings is 1. The van der Waals surface area contributed by atoms with Gasteiger partial charge in [-0.1, -0.05) is 29.0 Å². The highest BCUT2D eigenvalue weighted by Crippen LogP contribution is 2.12. The molecule has 0 amide bonds. The number of nitrogens with zero attached hydrogens (tertiary/aromatic N) is 5. The molecule has 20 heavy (non-hydrogen) atoms. The van der Waals surface area contributed by atoms with E-state index in [-0.39, 0.29) is 5.56 Å². The zero-order valence-electron chi connectivity index (χ0n) is 11.7. The second-order valence-electron chi connectivity index (χ2n) is 4.99. The van der Waals surface area contributed by atoms with E-state index in [1.54, 1.807) is 17.9 Å². The van der Waals surface area contributed by atoms with Gasteiger partial charge >= 0.3 is 0 Å². The third-order valence-electron chi connectivity index (χ3n) is 3.43. The Hall–Kier alpha value is -2.50. The topological polar surface area (TPSA) is 65.6 Å². The largest absolute Gasteiger partial charge is 0.293 e. The van der Waals surface area contributed by atoms with Crippen molar-refractivity contribution >= 4 is 11.2 Å². The summed E-state index contributed by atoms with van der Waals surface area (Å²) in [5.41, 5.74) is 4.09. The molecule has 1 aromatic carbocycles. The molecule has 0 spiro atoms. The van der Waals surface area contributed by atoms with Crippen LogP contribution in [0.15, 0.2) is 29.3 Å². The highest BCUT2D eigenvalue weighted by molar-refractivity contribution is 5.67. The smallest absolute Gasteiger partial charge is 0.283 e. The molecule has 6 heteroatoms. The molecule has 0 N–H and O–H groups in total. The molecule has 2 heterocycles. The molecule has 0 aliphatic rings. The fourth-order valence-electron chi connectivity index (χ4n) is 2.21. The summed E-state index contributed by atoms with van der Waals surface area (Å²) in [4.78, 5) is 16.6. The third kappa shape index (κ3) is 1.99. The monoisotopic (exact) mass is 269 g/mol. The Morgan fingerprint density at radius 1 is 1.25 bits per heavy atom. The fraction of sp³-hybridized carbons (Fsp3) is 0.286. The molecule has 0 aliphatic carbocycles. The van der Waals surface area contributed by atoms with Gasteiger partial charge in [-0.05, 0) is 25.0 Å². The Kier molecular flexibility index (Phi) is 2.85. The maximum Gasteiger partial charge on any atom is 0.283 e. The van der Waals surface area contributed by atoms with Crippen LogP contribution < -0.4 is 5.56 Å². The van der Waals surface area contributed by atoms with E-state index in [1.807, 2.05) is 13.8 Å². The third-order valence-corrected chi connectivity index (χ3v) is 3.43. The van der Waals surface area contributed by atoms with Crippen LogP contribution in [0.3, 0.4) is 0 Å². The molecule has 3 rings (SSSR count). The number of aryl methyl sites for hydroxylation is 3. The summed E-state index contributed by atoms with van der Waals surface area (Å²) < 4.78 is 3.07. The fourth-order valence-corrected chi connectivity index (χ4v) is 2.21. The van der Waals surface area contributed by atoms with Crippen LogP contribution in [0, 0.1) is 13.8 Å². The van der Waals surface area contributed by atoms with Gasteiger partial charge in [0.2, 0.25) is 0 Å². The first-order valence-electron chi connectivity index (χ1n) is 6.37. The van der Waals surface area contributed by atoms with Gasteiger partial charge in [-0.2, -0.15) is 0 Å². The SMILES string of the molecule is Cc1ccc(C)c(Cn2cnc3c(nnn3C)c2=O)c1. The van der Waals surface area contributed by atoms with Crippen LogP contribution in [0.1, 0.15) is 16.7 Å². The molecule has 0 aliphatic heterocycles. The van der Waals surface area contributed by atoms with Gasteiger partial charge in [0.15, 0.2) is 11.2 Å². The first-order chi connectivity index (χ1) is 9.56. The van der Waals surface area contributed by atoms with Gasteiger partial charge in [0.05, 0.1) is 6.54 Å². The lowest BCUT2D eigenvalue weighted by molar-refractivity contribution is 0.724. The lowest BCUT2D eigenvalue weighted by Gasteiger charge is -2.09. The molecule has 0 saturated carbocycles. The lowest BCUT2D eigenvalue weighted by atomic mass is 10.1. The molecular formula is C14H15N5O. The van der Waals surface area contributed by atoms with Crippen molar-refractivity contribution in [3.63, 3.8) is 0 Å². The van der Waals surface area contributed by atoms with Crippen molar-refractivity contribution in [2.45, 2.75) is 20.4 Å². The number of hydrogen-bond donors (Lipinski definition) is 0. The van der Waals surface area contributed by atoms with Crippen molar-refractivity contribution in [1.82, 2.24) is 24.5 Å². The van der Waals surface area contributed by atoms with Gasteiger partial charge in [0.1, 0.15) is 6.33 Å². The predicted octanol–water partition coefficient (Wildman–Crippen LogP) is 1.19. The lowest BCUT2D eigenvalue weighted by Crippen LogP contribution is -2.22. The van der Waals surface area contributed by atoms with Crippen LogP contribution >= 0.6 is 0 Å². The molecule has 102 valence electrons. The van der Waals surface area contributed by atoms with Gasteiger partial charge < -0.3 is 0 Å². The molecule has 0 saturated heterocycles. The second-order valence-corrected chi connectivity index (χ2v) is 4.99. The van der Waals surface area contributed by atoms with Crippen molar-refractivity contribution < 1.29 is 0 Å². The van der Waals surface area contributed by atoms with Crippen molar-refractivity contribution in [1.29, 1.82) is 0 Å². The minimum atomic E-state index is -0.163. The van der Waals surface area contributed by atoms with E-state index in [4.69, 9.17) is 0 Å². The number of rotatable bonds is 2. The van der Waals surface area contributed by atoms with Crippen LogP contribution in [0.4, 0.5) is 0 Å². The average molecular weight is 269 g/mol. The van der Waals surface area contributed by atoms with Crippen LogP contribution in [0.5, 0.6) is 0 Å². The van der Waals surface area contributed by atoms with E-state index in [2.05, 4.69) is 33.5 Å². The molecule has 0 atom stereocenters. The Labute approximate surface area is 115 Å². The van der Waals surface area contributed by atoms with E-state index in [0.717, 1.165) is 11.1 Å². The quantitative estimate of drug-likeness (QED) is 0.701. The molecule has 0 radical (unpaired) electrons. The van der Waals surface area contributed by atoms with E-state index in [1.165, 1.54) is 10.2 Å². The van der Waals surface area contributed by atoms with Crippen molar-refractivity contribution in [2.75, 3.05) is 0 Å². The van der Waals surface area contributed by atoms with E-state index in [9.17, 15) is 4.79 Å². The summed E-state index contributed by atoms with van der Waals surface area (Å²) in [6.07, 6.45) is 1.55. The molecular weight excluding hydrogens is 254 g/mol. The van der Waals surface area contributed by atoms with Gasteiger partial charge in [0, 0.05) is 7.05 Å². The van der Waals surface area contributed by atoms with Crippen LogP contribution in [0.2, 0.25) is 0 Å². The van der Waals surface area contributed by atoms with E-state index in [0.29, 0.717) is 17.7 Å². The Balaban J connectivity index is 2.09. The summed E-state index contributed by atoms with van der Waals surface area (Å²) >= 11 is 0. The van der Waals surface area contributed by atoms with E-state index >= 15 is 0 Å². The molecule has 6 nitrogen and oxygen atoms in total. The van der Waals surface area contributed by atoms with Crippen molar-refractivity contribution in [2.24, 2.45) is 7.05 Å². The van der Waals surface area contributed by atoms with Gasteiger partial charge in [0.25, 0.3) is 5.56 Å². The zero-order valence-corrected chi connectivity index (χ0v) is 11.7. The first-order valence-corrected chi connectivity index (χ1v) is 6.37. The van der Waals surface area contributed by atoms with Crippen molar-refractivity contribution in [3.8, 4) is 0 Å². The normalized spacial score (nSPS) is 11.2. The first kappa shape index (κ1) is 12.5. The van der Waals surface area contributed by atoms with Gasteiger partial charge in [-0.25, -0.2) is 9.67 Å². The average Bonchev–Trinajstić information content (AvgIpc) is 2.79. The molecule has 0 unspecified atom stereocenters. The predicted molar refractivity (Wildman–Crippen MR) is 75.6 cm³/mol. The standard InChI is InChI=1S/C14H15N5O/c1-9-4-5-10(2)11(6-9)7-19-8-15-13-12(14(19)20)16-17-18(13)3/h4-6,8H,7H2,1-3H3. The summed E-state index contributed by atoms with van der Waals surface area (Å²) in [6, 6.07) is 6.21. The molecule has 0 bridgehead atoms. The minimum Gasteiger partial charge on any atom is -0.293 e. The summed E-state index contributed by atoms with van der Waals surface area (Å²) in [6.45, 7) is 4.57. The van der Waals surface area contributed by atoms with Crippen LogP contribution in [-0.4, -0.2) is 24.5 Å². The molecule has 2 aromatic heterocycles. The molecule has 0 fully saturated rings. The Morgan fingerprint density at radius 2 is 2.05 bits per heavy atom. The summed E-state index contributed by atoms with van der Waals surface area (Å²) in [5.74, 6) is 0. The Bertz CT molecular complexity index is 846. The van der Waals surface area contributed by atoms with Gasteiger partial charge in [-0.3, -0.25) is 9.36 Å². The Morgan fingerprint density at radius 3 is 2.85 bits per heavy atom. The number of fused-ring (bicyclic) bond motifs is 1. The highest BCUT2D eigenvalue weighted by Gasteiger charge is 2.10. The second kappa shape index (κ2) is 4.56. The van der Waals surface area contributed by atoms with Gasteiger partial charge in [-0.15, -0.1) is 5.10 Å². The summed E-state index contributed by atoms with van der Waals surface area (Å²) in [7, 11) is 1.72. The van der Waals surface area contributed by atoms with Crippen LogP contribution in [-0.2, 0) is 13.6 Å². The van der Waals surface area contributed by atoms with Crippen molar-refractivity contribution in [3.05, 3.63) is 51.6 Å². The highest BCUT2D eigenvalue weighted by atomic mass is 16.1. The van der Waals surface area contributed by atoms with E-state index < -0.39 is 0 Å². The maximum atomic E-state index is 12.3. The summed E-state index contributed by atoms with van der Waals surface area (Å²) in [5, 5.41) is 7.70. The maximum absolute atomic E-state index is 12.3. The zero-order chi connectivity index (χ0) is 14.3. The van der Waals surface area contributed by atoms with Crippen LogP contribution in [0.25, 0.3) is 11.2 Å². The number of hydrogen-bond acceptors (Lipinski definition) is 4. The minimum absolute atomic E-state index is 0.163.